The maximum Gasteiger partial charge on any atom is 1.00 e. The summed E-state index contributed by atoms with van der Waals surface area (Å²) in [5, 5.41) is 22.2. The Hall–Kier alpha value is 0.993. The molecule has 0 N–H and O–H groups in total. The monoisotopic (exact) mass is 400 g/mol. The van der Waals surface area contributed by atoms with E-state index in [1.54, 1.807) is 0 Å². The number of carbonyl (C=O) groups excluding carboxylic acids is 2. The molecule has 6 heteroatoms. The van der Waals surface area contributed by atoms with Gasteiger partial charge in [-0.3, -0.25) is 0 Å². The van der Waals surface area contributed by atoms with Gasteiger partial charge in [0, 0.05) is 11.0 Å². The predicted octanol–water partition coefficient (Wildman–Crippen LogP) is -5.01. The van der Waals surface area contributed by atoms with E-state index in [4.69, 9.17) is 0 Å². The molecule has 4 aliphatic rings. The normalized spacial score (nSPS) is 30.4. The van der Waals surface area contributed by atoms with Crippen molar-refractivity contribution < 1.29 is 123 Å². The molecule has 0 amide bonds. The molecule has 26 heavy (non-hydrogen) atoms. The van der Waals surface area contributed by atoms with E-state index in [9.17, 15) is 19.8 Å². The molecule has 0 aliphatic heterocycles. The van der Waals surface area contributed by atoms with Gasteiger partial charge in [0.05, 0.1) is 11.9 Å². The zero-order chi connectivity index (χ0) is 16.9. The van der Waals surface area contributed by atoms with Crippen LogP contribution in [0, 0.1) is 35.0 Å². The fourth-order valence-corrected chi connectivity index (χ4v) is 5.40. The molecule has 0 saturated heterocycles. The summed E-state index contributed by atoms with van der Waals surface area (Å²) in [7, 11) is 0. The number of carboxylic acid groups (broad SMARTS) is 2. The second-order valence-corrected chi connectivity index (χ2v) is 7.82. The third-order valence-corrected chi connectivity index (χ3v) is 5.91. The number of benzene rings is 1. The minimum atomic E-state index is -1.41. The summed E-state index contributed by atoms with van der Waals surface area (Å²) in [6, 6.07) is 3.82. The van der Waals surface area contributed by atoms with E-state index in [1.165, 1.54) is 31.4 Å². The van der Waals surface area contributed by atoms with Crippen LogP contribution in [0.2, 0.25) is 0 Å². The first-order valence-electron chi connectivity index (χ1n) is 8.53. The van der Waals surface area contributed by atoms with E-state index in [-0.39, 0.29) is 119 Å². The first kappa shape index (κ1) is 23.3. The predicted molar refractivity (Wildman–Crippen MR) is 82.6 cm³/mol. The number of carboxylic acids is 2. The summed E-state index contributed by atoms with van der Waals surface area (Å²) in [4.78, 5) is 22.2. The van der Waals surface area contributed by atoms with Gasteiger partial charge in [-0.1, -0.05) is 11.8 Å². The molecule has 4 saturated carbocycles. The number of aromatic carboxylic acids is 2. The second kappa shape index (κ2) is 9.21. The molecular weight excluding hydrogens is 382 g/mol. The molecule has 124 valence electrons. The van der Waals surface area contributed by atoms with Crippen LogP contribution in [-0.4, -0.2) is 11.9 Å². The Bertz CT molecular complexity index is 723. The van der Waals surface area contributed by atoms with Crippen LogP contribution >= 0.6 is 0 Å². The van der Waals surface area contributed by atoms with E-state index in [1.807, 2.05) is 0 Å². The standard InChI is InChI=1S/C20H20O4.2K/c21-18(22)16-6-12(7-17(8-16)19(23)24)1-2-20-9-13-3-14(10-20)5-15(4-13)11-20;;/h6-8,13-15H,3-5,9-11H2,(H,21,22)(H,23,24);;/q;2*+1/p-2. The van der Waals surface area contributed by atoms with E-state index >= 15 is 0 Å². The van der Waals surface area contributed by atoms with Crippen LogP contribution in [0.25, 0.3) is 0 Å². The van der Waals surface area contributed by atoms with Gasteiger partial charge in [-0.15, -0.1) is 0 Å². The Kier molecular flexibility index (Phi) is 8.24. The largest absolute Gasteiger partial charge is 1.00 e. The van der Waals surface area contributed by atoms with Crippen LogP contribution in [0.4, 0.5) is 0 Å². The first-order chi connectivity index (χ1) is 11.4. The van der Waals surface area contributed by atoms with Crippen LogP contribution < -0.4 is 113 Å². The summed E-state index contributed by atoms with van der Waals surface area (Å²) in [6.45, 7) is 0. The van der Waals surface area contributed by atoms with Crippen molar-refractivity contribution in [3.05, 3.63) is 34.9 Å². The molecule has 0 unspecified atom stereocenters. The molecule has 4 aliphatic carbocycles. The van der Waals surface area contributed by atoms with Gasteiger partial charge < -0.3 is 19.8 Å². The molecule has 4 nitrogen and oxygen atoms in total. The number of rotatable bonds is 2. The van der Waals surface area contributed by atoms with Gasteiger partial charge in [0.1, 0.15) is 0 Å². The number of hydrogen-bond acceptors (Lipinski definition) is 4. The third-order valence-electron chi connectivity index (χ3n) is 5.91. The number of carbonyl (C=O) groups is 2. The van der Waals surface area contributed by atoms with Crippen molar-refractivity contribution in [3.63, 3.8) is 0 Å². The third kappa shape index (κ3) is 4.94. The summed E-state index contributed by atoms with van der Waals surface area (Å²) in [5.74, 6) is 5.98. The van der Waals surface area contributed by atoms with Gasteiger partial charge in [0.2, 0.25) is 0 Å². The maximum absolute atomic E-state index is 11.1. The van der Waals surface area contributed by atoms with Crippen molar-refractivity contribution in [1.29, 1.82) is 0 Å². The summed E-state index contributed by atoms with van der Waals surface area (Å²) >= 11 is 0. The van der Waals surface area contributed by atoms with E-state index in [0.717, 1.165) is 43.1 Å². The summed E-state index contributed by atoms with van der Waals surface area (Å²) in [6.07, 6.45) is 7.36. The van der Waals surface area contributed by atoms with Crippen LogP contribution in [0.15, 0.2) is 18.2 Å². The van der Waals surface area contributed by atoms with Crippen LogP contribution in [0.3, 0.4) is 0 Å². The fourth-order valence-electron chi connectivity index (χ4n) is 5.40. The Balaban J connectivity index is 0.00000121. The van der Waals surface area contributed by atoms with Gasteiger partial charge in [0.25, 0.3) is 0 Å². The minimum Gasteiger partial charge on any atom is -0.545 e. The Morgan fingerprint density at radius 3 is 1.65 bits per heavy atom. The zero-order valence-corrected chi connectivity index (χ0v) is 21.6. The van der Waals surface area contributed by atoms with Crippen LogP contribution in [0.5, 0.6) is 0 Å². The Morgan fingerprint density at radius 1 is 0.846 bits per heavy atom. The van der Waals surface area contributed by atoms with Gasteiger partial charge in [-0.05, 0) is 85.6 Å². The molecule has 0 spiro atoms. The Morgan fingerprint density at radius 2 is 1.27 bits per heavy atom. The van der Waals surface area contributed by atoms with Crippen LogP contribution in [-0.2, 0) is 0 Å². The summed E-state index contributed by atoms with van der Waals surface area (Å²) in [5.41, 5.74) is 0.0955. The van der Waals surface area contributed by atoms with Gasteiger partial charge >= 0.3 is 103 Å². The molecule has 5 rings (SSSR count). The second-order valence-electron chi connectivity index (χ2n) is 7.82. The van der Waals surface area contributed by atoms with E-state index in [2.05, 4.69) is 11.8 Å². The zero-order valence-electron chi connectivity index (χ0n) is 15.3. The van der Waals surface area contributed by atoms with Crippen LogP contribution in [0.1, 0.15) is 64.8 Å². The smallest absolute Gasteiger partial charge is 0.545 e. The average molecular weight is 401 g/mol. The number of hydrogen-bond donors (Lipinski definition) is 0. The minimum absolute atomic E-state index is 0. The molecule has 0 radical (unpaired) electrons. The van der Waals surface area contributed by atoms with Gasteiger partial charge in [0.15, 0.2) is 0 Å². The Labute approximate surface area is 238 Å². The molecule has 0 heterocycles. The quantitative estimate of drug-likeness (QED) is 0.368. The van der Waals surface area contributed by atoms with Crippen molar-refractivity contribution >= 4 is 11.9 Å². The SMILES string of the molecule is O=C([O-])c1cc(C#CC23CC4CC(CC(C4)C2)C3)cc(C(=O)[O-])c1.[K+].[K+]. The van der Waals surface area contributed by atoms with E-state index < -0.39 is 11.9 Å². The van der Waals surface area contributed by atoms with Crippen molar-refractivity contribution in [2.45, 2.75) is 38.5 Å². The molecule has 4 bridgehead atoms. The van der Waals surface area contributed by atoms with Crippen molar-refractivity contribution in [2.24, 2.45) is 23.2 Å². The summed E-state index contributed by atoms with van der Waals surface area (Å²) < 4.78 is 0. The average Bonchev–Trinajstić information content (AvgIpc) is 2.51. The molecule has 4 fully saturated rings. The first-order valence-corrected chi connectivity index (χ1v) is 8.53. The van der Waals surface area contributed by atoms with Gasteiger partial charge in [-0.2, -0.15) is 0 Å². The topological polar surface area (TPSA) is 80.3 Å². The molecule has 0 atom stereocenters. The molecular formula is C20H18K2O4. The molecule has 1 aromatic carbocycles. The van der Waals surface area contributed by atoms with Crippen molar-refractivity contribution in [2.75, 3.05) is 0 Å². The van der Waals surface area contributed by atoms with Gasteiger partial charge in [-0.25, -0.2) is 0 Å². The van der Waals surface area contributed by atoms with E-state index in [0.29, 0.717) is 5.56 Å². The molecule has 0 aromatic heterocycles. The molecule has 1 aromatic rings. The fraction of sp³-hybridized carbons (Fsp3) is 0.500. The maximum atomic E-state index is 11.1. The van der Waals surface area contributed by atoms with Crippen molar-refractivity contribution in [3.8, 4) is 11.8 Å². The van der Waals surface area contributed by atoms with Crippen molar-refractivity contribution in [1.82, 2.24) is 0 Å².